The molecule has 2 aromatic heterocycles. The Kier molecular flexibility index (Phi) is 3.33. The van der Waals surface area contributed by atoms with E-state index in [-0.39, 0.29) is 0 Å². The fourth-order valence-electron chi connectivity index (χ4n) is 2.40. The largest absolute Gasteiger partial charge is 0.303 e. The molecular weight excluding hydrogens is 248 g/mol. The average Bonchev–Trinajstić information content (AvgIpc) is 2.85. The maximum atomic E-state index is 11.1. The summed E-state index contributed by atoms with van der Waals surface area (Å²) >= 11 is 0. The lowest BCUT2D eigenvalue weighted by atomic mass is 10.1. The van der Waals surface area contributed by atoms with Gasteiger partial charge in [0.25, 0.3) is 0 Å². The standard InChI is InChI=1S/C17H16N2O/c1-13-5-7-14(8-6-13)9-10-17-18-15(12-20)16-4-2-3-11-19(16)17/h2-8,11-12H,9-10H2,1H3. The molecule has 0 radical (unpaired) electrons. The number of carbonyl (C=O) groups is 1. The third-order valence-electron chi connectivity index (χ3n) is 3.52. The van der Waals surface area contributed by atoms with Crippen LogP contribution in [0.5, 0.6) is 0 Å². The minimum absolute atomic E-state index is 0.518. The summed E-state index contributed by atoms with van der Waals surface area (Å²) in [6, 6.07) is 14.3. The van der Waals surface area contributed by atoms with Crippen LogP contribution in [0.15, 0.2) is 48.7 Å². The van der Waals surface area contributed by atoms with Gasteiger partial charge in [-0.25, -0.2) is 4.98 Å². The summed E-state index contributed by atoms with van der Waals surface area (Å²) in [6.07, 6.45) is 4.53. The van der Waals surface area contributed by atoms with Crippen molar-refractivity contribution in [2.75, 3.05) is 0 Å². The number of aromatic nitrogens is 2. The first kappa shape index (κ1) is 12.6. The van der Waals surface area contributed by atoms with Gasteiger partial charge in [-0.05, 0) is 31.0 Å². The summed E-state index contributed by atoms with van der Waals surface area (Å²) in [6.45, 7) is 2.09. The van der Waals surface area contributed by atoms with Crippen molar-refractivity contribution in [3.8, 4) is 0 Å². The average molecular weight is 264 g/mol. The highest BCUT2D eigenvalue weighted by Crippen LogP contribution is 2.14. The Morgan fingerprint density at radius 1 is 1.10 bits per heavy atom. The molecule has 2 heterocycles. The second-order valence-electron chi connectivity index (χ2n) is 4.97. The first-order chi connectivity index (χ1) is 9.78. The number of benzene rings is 1. The second-order valence-corrected chi connectivity index (χ2v) is 4.97. The van der Waals surface area contributed by atoms with Crippen molar-refractivity contribution in [3.05, 3.63) is 71.3 Å². The number of hydrogen-bond donors (Lipinski definition) is 0. The minimum atomic E-state index is 0.518. The van der Waals surface area contributed by atoms with E-state index >= 15 is 0 Å². The van der Waals surface area contributed by atoms with Gasteiger partial charge in [-0.1, -0.05) is 35.9 Å². The van der Waals surface area contributed by atoms with Crippen LogP contribution >= 0.6 is 0 Å². The van der Waals surface area contributed by atoms with Gasteiger partial charge in [0.2, 0.25) is 0 Å². The highest BCUT2D eigenvalue weighted by atomic mass is 16.1. The van der Waals surface area contributed by atoms with Gasteiger partial charge >= 0.3 is 0 Å². The molecule has 0 spiro atoms. The van der Waals surface area contributed by atoms with E-state index in [1.165, 1.54) is 11.1 Å². The van der Waals surface area contributed by atoms with Gasteiger partial charge < -0.3 is 4.40 Å². The summed E-state index contributed by atoms with van der Waals surface area (Å²) < 4.78 is 2.00. The van der Waals surface area contributed by atoms with Crippen molar-refractivity contribution in [3.63, 3.8) is 0 Å². The molecule has 20 heavy (non-hydrogen) atoms. The maximum absolute atomic E-state index is 11.1. The summed E-state index contributed by atoms with van der Waals surface area (Å²) in [5, 5.41) is 0. The molecule has 0 saturated carbocycles. The van der Waals surface area contributed by atoms with Crippen LogP contribution in [-0.4, -0.2) is 15.7 Å². The molecule has 100 valence electrons. The molecule has 0 aliphatic carbocycles. The summed E-state index contributed by atoms with van der Waals surface area (Å²) in [5.41, 5.74) is 3.95. The van der Waals surface area contributed by atoms with Crippen molar-refractivity contribution in [2.45, 2.75) is 19.8 Å². The van der Waals surface area contributed by atoms with Crippen LogP contribution in [0.25, 0.3) is 5.52 Å². The predicted octanol–water partition coefficient (Wildman–Crippen LogP) is 3.24. The number of aldehydes is 1. The molecule has 0 bridgehead atoms. The van der Waals surface area contributed by atoms with Crippen LogP contribution in [-0.2, 0) is 12.8 Å². The van der Waals surface area contributed by atoms with E-state index in [1.54, 1.807) is 0 Å². The second kappa shape index (κ2) is 5.29. The smallest absolute Gasteiger partial charge is 0.170 e. The van der Waals surface area contributed by atoms with Crippen LogP contribution in [0.4, 0.5) is 0 Å². The lowest BCUT2D eigenvalue weighted by molar-refractivity contribution is 0.112. The molecule has 0 fully saturated rings. The Bertz CT molecular complexity index is 741. The van der Waals surface area contributed by atoms with Gasteiger partial charge in [-0.2, -0.15) is 0 Å². The molecule has 3 rings (SSSR count). The zero-order valence-corrected chi connectivity index (χ0v) is 11.4. The van der Waals surface area contributed by atoms with Crippen molar-refractivity contribution in [1.29, 1.82) is 0 Å². The predicted molar refractivity (Wildman–Crippen MR) is 79.2 cm³/mol. The third kappa shape index (κ3) is 2.35. The first-order valence-electron chi connectivity index (χ1n) is 6.74. The number of carbonyl (C=O) groups excluding carboxylic acids is 1. The highest BCUT2D eigenvalue weighted by Gasteiger charge is 2.09. The van der Waals surface area contributed by atoms with Crippen LogP contribution in [0.3, 0.4) is 0 Å². The van der Waals surface area contributed by atoms with E-state index in [0.29, 0.717) is 5.69 Å². The van der Waals surface area contributed by atoms with Gasteiger partial charge in [0.1, 0.15) is 11.5 Å². The maximum Gasteiger partial charge on any atom is 0.170 e. The number of aryl methyl sites for hydroxylation is 3. The van der Waals surface area contributed by atoms with Crippen molar-refractivity contribution in [2.24, 2.45) is 0 Å². The molecule has 3 nitrogen and oxygen atoms in total. The SMILES string of the molecule is Cc1ccc(CCc2nc(C=O)c3ccccn23)cc1. The van der Waals surface area contributed by atoms with E-state index in [9.17, 15) is 4.79 Å². The van der Waals surface area contributed by atoms with E-state index in [1.807, 2.05) is 28.8 Å². The van der Waals surface area contributed by atoms with Gasteiger partial charge in [0, 0.05) is 12.6 Å². The molecular formula is C17H16N2O. The van der Waals surface area contributed by atoms with Crippen molar-refractivity contribution >= 4 is 11.8 Å². The zero-order chi connectivity index (χ0) is 13.9. The van der Waals surface area contributed by atoms with Crippen LogP contribution < -0.4 is 0 Å². The molecule has 0 aliphatic heterocycles. The number of pyridine rings is 1. The topological polar surface area (TPSA) is 34.4 Å². The minimum Gasteiger partial charge on any atom is -0.303 e. The summed E-state index contributed by atoms with van der Waals surface area (Å²) in [4.78, 5) is 15.5. The summed E-state index contributed by atoms with van der Waals surface area (Å²) in [5.74, 6) is 0.934. The Balaban J connectivity index is 1.87. The lowest BCUT2D eigenvalue weighted by Gasteiger charge is -2.02. The number of fused-ring (bicyclic) bond motifs is 1. The highest BCUT2D eigenvalue weighted by molar-refractivity contribution is 5.83. The Morgan fingerprint density at radius 3 is 2.65 bits per heavy atom. The lowest BCUT2D eigenvalue weighted by Crippen LogP contribution is -1.97. The van der Waals surface area contributed by atoms with E-state index in [2.05, 4.69) is 36.2 Å². The molecule has 0 atom stereocenters. The van der Waals surface area contributed by atoms with Crippen LogP contribution in [0.2, 0.25) is 0 Å². The molecule has 3 heteroatoms. The number of nitrogens with zero attached hydrogens (tertiary/aromatic N) is 2. The Hall–Kier alpha value is -2.42. The number of rotatable bonds is 4. The van der Waals surface area contributed by atoms with Gasteiger partial charge in [0.15, 0.2) is 6.29 Å². The fraction of sp³-hybridized carbons (Fsp3) is 0.176. The molecule has 1 aromatic carbocycles. The van der Waals surface area contributed by atoms with Crippen molar-refractivity contribution in [1.82, 2.24) is 9.38 Å². The van der Waals surface area contributed by atoms with Crippen molar-refractivity contribution < 1.29 is 4.79 Å². The third-order valence-corrected chi connectivity index (χ3v) is 3.52. The molecule has 0 saturated heterocycles. The Morgan fingerprint density at radius 2 is 1.90 bits per heavy atom. The van der Waals surface area contributed by atoms with Gasteiger partial charge in [0.05, 0.1) is 5.52 Å². The molecule has 0 N–H and O–H groups in total. The number of hydrogen-bond acceptors (Lipinski definition) is 2. The summed E-state index contributed by atoms with van der Waals surface area (Å²) in [7, 11) is 0. The van der Waals surface area contributed by atoms with Gasteiger partial charge in [-0.15, -0.1) is 0 Å². The zero-order valence-electron chi connectivity index (χ0n) is 11.4. The molecule has 0 unspecified atom stereocenters. The monoisotopic (exact) mass is 264 g/mol. The van der Waals surface area contributed by atoms with Crippen LogP contribution in [0.1, 0.15) is 27.4 Å². The molecule has 3 aromatic rings. The molecule has 0 amide bonds. The van der Waals surface area contributed by atoms with Crippen LogP contribution in [0, 0.1) is 6.92 Å². The van der Waals surface area contributed by atoms with E-state index in [0.717, 1.165) is 30.5 Å². The quantitative estimate of drug-likeness (QED) is 0.678. The Labute approximate surface area is 117 Å². The van der Waals surface area contributed by atoms with E-state index < -0.39 is 0 Å². The fourth-order valence-corrected chi connectivity index (χ4v) is 2.40. The van der Waals surface area contributed by atoms with E-state index in [4.69, 9.17) is 0 Å². The first-order valence-corrected chi connectivity index (χ1v) is 6.74. The van der Waals surface area contributed by atoms with Gasteiger partial charge in [-0.3, -0.25) is 4.79 Å². The normalized spacial score (nSPS) is 10.8. The number of imidazole rings is 1. The molecule has 0 aliphatic rings.